The third-order valence-electron chi connectivity index (χ3n) is 6.05. The van der Waals surface area contributed by atoms with Gasteiger partial charge in [-0.3, -0.25) is 14.7 Å². The highest BCUT2D eigenvalue weighted by Crippen LogP contribution is 2.26. The standard InChI is InChI=1S/C25H31N5O4/c1-3-18(4-2)28-23(31)21-13-20(29-30-21)16-8-7-9-17(12-16)25-27-15-22(34-25)24(32)26-14-19-10-5-6-11-33-19/h7-9,12-13,15,18-19H,3-6,10-11,14H2,1-2H3,(H,26,32)(H,28,31)(H,29,30). The number of H-pyrrole nitrogens is 1. The second-order valence-electron chi connectivity index (χ2n) is 8.46. The van der Waals surface area contributed by atoms with E-state index in [4.69, 9.17) is 9.15 Å². The lowest BCUT2D eigenvalue weighted by Crippen LogP contribution is -2.35. The number of oxazole rings is 1. The number of benzene rings is 1. The smallest absolute Gasteiger partial charge is 0.288 e. The van der Waals surface area contributed by atoms with Gasteiger partial charge >= 0.3 is 0 Å². The van der Waals surface area contributed by atoms with Crippen molar-refractivity contribution >= 4 is 11.8 Å². The van der Waals surface area contributed by atoms with Crippen LogP contribution in [0.1, 0.15) is 67.0 Å². The summed E-state index contributed by atoms with van der Waals surface area (Å²) in [6, 6.07) is 9.34. The lowest BCUT2D eigenvalue weighted by molar-refractivity contribution is 0.0167. The SMILES string of the molecule is CCC(CC)NC(=O)c1cc(-c2cccc(-c3ncc(C(=O)NCC4CCCCO4)o3)c2)[nH]n1. The summed E-state index contributed by atoms with van der Waals surface area (Å²) >= 11 is 0. The largest absolute Gasteiger partial charge is 0.431 e. The van der Waals surface area contributed by atoms with Gasteiger partial charge in [0.2, 0.25) is 11.7 Å². The van der Waals surface area contributed by atoms with Crippen molar-refractivity contribution < 1.29 is 18.7 Å². The molecule has 9 nitrogen and oxygen atoms in total. The maximum Gasteiger partial charge on any atom is 0.288 e. The number of aromatic nitrogens is 3. The minimum Gasteiger partial charge on any atom is -0.431 e. The zero-order valence-electron chi connectivity index (χ0n) is 19.6. The number of aromatic amines is 1. The van der Waals surface area contributed by atoms with Crippen LogP contribution < -0.4 is 10.6 Å². The third kappa shape index (κ3) is 5.72. The van der Waals surface area contributed by atoms with Gasteiger partial charge in [-0.1, -0.05) is 26.0 Å². The van der Waals surface area contributed by atoms with E-state index in [1.807, 2.05) is 38.1 Å². The molecule has 0 bridgehead atoms. The summed E-state index contributed by atoms with van der Waals surface area (Å²) < 4.78 is 11.4. The first kappa shape index (κ1) is 23.7. The van der Waals surface area contributed by atoms with Crippen molar-refractivity contribution in [1.29, 1.82) is 0 Å². The molecule has 1 saturated heterocycles. The fourth-order valence-corrected chi connectivity index (χ4v) is 3.93. The molecule has 4 rings (SSSR count). The highest BCUT2D eigenvalue weighted by atomic mass is 16.5. The average Bonchev–Trinajstić information content (AvgIpc) is 3.57. The molecule has 0 spiro atoms. The van der Waals surface area contributed by atoms with Crippen LogP contribution in [0.5, 0.6) is 0 Å². The molecule has 1 aliphatic heterocycles. The van der Waals surface area contributed by atoms with E-state index in [0.29, 0.717) is 29.4 Å². The van der Waals surface area contributed by atoms with Crippen LogP contribution in [-0.4, -0.2) is 52.3 Å². The maximum absolute atomic E-state index is 12.5. The summed E-state index contributed by atoms with van der Waals surface area (Å²) in [6.45, 7) is 5.28. The first-order valence-corrected chi connectivity index (χ1v) is 11.9. The Hall–Kier alpha value is -3.46. The summed E-state index contributed by atoms with van der Waals surface area (Å²) in [5, 5.41) is 12.9. The van der Waals surface area contributed by atoms with Gasteiger partial charge < -0.3 is 19.8 Å². The van der Waals surface area contributed by atoms with Crippen LogP contribution in [0.25, 0.3) is 22.7 Å². The Morgan fingerprint density at radius 3 is 2.74 bits per heavy atom. The predicted octanol–water partition coefficient (Wildman–Crippen LogP) is 3.95. The number of carbonyl (C=O) groups is 2. The van der Waals surface area contributed by atoms with Crippen molar-refractivity contribution in [2.75, 3.05) is 13.2 Å². The lowest BCUT2D eigenvalue weighted by atomic mass is 10.1. The zero-order chi connectivity index (χ0) is 23.9. The molecule has 1 unspecified atom stereocenters. The number of nitrogens with zero attached hydrogens (tertiary/aromatic N) is 2. The molecule has 1 atom stereocenters. The summed E-state index contributed by atoms with van der Waals surface area (Å²) in [6.07, 6.45) is 6.34. The lowest BCUT2D eigenvalue weighted by Gasteiger charge is -2.22. The normalized spacial score (nSPS) is 15.9. The molecule has 2 amide bonds. The molecule has 9 heteroatoms. The molecule has 1 aliphatic rings. The number of amides is 2. The van der Waals surface area contributed by atoms with E-state index in [1.165, 1.54) is 6.20 Å². The quantitative estimate of drug-likeness (QED) is 0.440. The van der Waals surface area contributed by atoms with Gasteiger partial charge in [0.1, 0.15) is 0 Å². The van der Waals surface area contributed by atoms with Gasteiger partial charge in [-0.2, -0.15) is 5.10 Å². The van der Waals surface area contributed by atoms with Crippen LogP contribution in [0.3, 0.4) is 0 Å². The number of hydrogen-bond acceptors (Lipinski definition) is 6. The van der Waals surface area contributed by atoms with E-state index in [9.17, 15) is 9.59 Å². The van der Waals surface area contributed by atoms with E-state index >= 15 is 0 Å². The monoisotopic (exact) mass is 465 g/mol. The van der Waals surface area contributed by atoms with Crippen LogP contribution in [0.2, 0.25) is 0 Å². The molecule has 3 aromatic rings. The Bertz CT molecular complexity index is 1110. The fourth-order valence-electron chi connectivity index (χ4n) is 3.93. The van der Waals surface area contributed by atoms with Crippen LogP contribution in [0.15, 0.2) is 40.9 Å². The van der Waals surface area contributed by atoms with Gasteiger partial charge in [-0.05, 0) is 50.3 Å². The molecule has 180 valence electrons. The number of rotatable bonds is 9. The van der Waals surface area contributed by atoms with Gasteiger partial charge in [0.05, 0.1) is 18.0 Å². The summed E-state index contributed by atoms with van der Waals surface area (Å²) in [5.74, 6) is -0.0228. The van der Waals surface area contributed by atoms with Crippen molar-refractivity contribution in [3.63, 3.8) is 0 Å². The van der Waals surface area contributed by atoms with Crippen LogP contribution in [-0.2, 0) is 4.74 Å². The van der Waals surface area contributed by atoms with Gasteiger partial charge in [0.15, 0.2) is 5.69 Å². The molecular weight excluding hydrogens is 434 g/mol. The first-order valence-electron chi connectivity index (χ1n) is 11.9. The van der Waals surface area contributed by atoms with Crippen molar-refractivity contribution in [3.8, 4) is 22.7 Å². The van der Waals surface area contributed by atoms with E-state index in [0.717, 1.165) is 44.3 Å². The zero-order valence-corrected chi connectivity index (χ0v) is 19.6. The van der Waals surface area contributed by atoms with Crippen molar-refractivity contribution in [1.82, 2.24) is 25.8 Å². The minimum absolute atomic E-state index is 0.0491. The maximum atomic E-state index is 12.5. The highest BCUT2D eigenvalue weighted by molar-refractivity contribution is 5.93. The first-order chi connectivity index (χ1) is 16.6. The molecule has 34 heavy (non-hydrogen) atoms. The Morgan fingerprint density at radius 2 is 1.97 bits per heavy atom. The number of nitrogens with one attached hydrogen (secondary N) is 3. The average molecular weight is 466 g/mol. The van der Waals surface area contributed by atoms with Crippen molar-refractivity contribution in [3.05, 3.63) is 48.0 Å². The van der Waals surface area contributed by atoms with Gasteiger partial charge in [-0.25, -0.2) is 4.98 Å². The molecule has 0 saturated carbocycles. The summed E-state index contributed by atoms with van der Waals surface area (Å²) in [5.41, 5.74) is 2.58. The van der Waals surface area contributed by atoms with Crippen molar-refractivity contribution in [2.24, 2.45) is 0 Å². The molecule has 3 N–H and O–H groups in total. The predicted molar refractivity (Wildman–Crippen MR) is 127 cm³/mol. The third-order valence-corrected chi connectivity index (χ3v) is 6.05. The molecule has 1 aromatic carbocycles. The van der Waals surface area contributed by atoms with Crippen LogP contribution in [0.4, 0.5) is 0 Å². The minimum atomic E-state index is -0.314. The molecule has 0 radical (unpaired) electrons. The topological polar surface area (TPSA) is 122 Å². The molecule has 2 aromatic heterocycles. The second kappa shape index (κ2) is 11.1. The Kier molecular flexibility index (Phi) is 7.74. The van der Waals surface area contributed by atoms with E-state index < -0.39 is 0 Å². The van der Waals surface area contributed by atoms with Crippen LogP contribution >= 0.6 is 0 Å². The van der Waals surface area contributed by atoms with Gasteiger partial charge in [-0.15, -0.1) is 0 Å². The molecule has 1 fully saturated rings. The Labute approximate surface area is 198 Å². The summed E-state index contributed by atoms with van der Waals surface area (Å²) in [7, 11) is 0. The number of hydrogen-bond donors (Lipinski definition) is 3. The van der Waals surface area contributed by atoms with E-state index in [2.05, 4.69) is 25.8 Å². The molecule has 3 heterocycles. The molecule has 0 aliphatic carbocycles. The molecular formula is C25H31N5O4. The van der Waals surface area contributed by atoms with Gasteiger partial charge in [0, 0.05) is 30.3 Å². The van der Waals surface area contributed by atoms with Crippen molar-refractivity contribution in [2.45, 2.75) is 58.1 Å². The summed E-state index contributed by atoms with van der Waals surface area (Å²) in [4.78, 5) is 29.2. The highest BCUT2D eigenvalue weighted by Gasteiger charge is 2.19. The second-order valence-corrected chi connectivity index (χ2v) is 8.46. The number of ether oxygens (including phenoxy) is 1. The van der Waals surface area contributed by atoms with Crippen LogP contribution in [0, 0.1) is 0 Å². The van der Waals surface area contributed by atoms with E-state index in [1.54, 1.807) is 6.07 Å². The Morgan fingerprint density at radius 1 is 1.15 bits per heavy atom. The van der Waals surface area contributed by atoms with E-state index in [-0.39, 0.29) is 29.7 Å². The van der Waals surface area contributed by atoms with Gasteiger partial charge in [0.25, 0.3) is 11.8 Å². The number of carbonyl (C=O) groups excluding carboxylic acids is 2. The fraction of sp³-hybridized carbons (Fsp3) is 0.440. The Balaban J connectivity index is 1.42.